The molecule has 0 spiro atoms. The van der Waals surface area contributed by atoms with Gasteiger partial charge in [-0.15, -0.1) is 0 Å². The van der Waals surface area contributed by atoms with Crippen LogP contribution >= 0.6 is 11.6 Å². The first-order valence-corrected chi connectivity index (χ1v) is 10.1. The Hall–Kier alpha value is -3.39. The lowest BCUT2D eigenvalue weighted by Gasteiger charge is -2.18. The maximum atomic E-state index is 12.3. The predicted molar refractivity (Wildman–Crippen MR) is 113 cm³/mol. The minimum absolute atomic E-state index is 0.0457. The van der Waals surface area contributed by atoms with Crippen LogP contribution in [0.2, 0.25) is 5.02 Å². The number of carbonyl (C=O) groups excluding carboxylic acids is 4. The van der Waals surface area contributed by atoms with E-state index in [2.05, 4.69) is 10.7 Å². The Labute approximate surface area is 184 Å². The fourth-order valence-corrected chi connectivity index (χ4v) is 3.39. The van der Waals surface area contributed by atoms with E-state index in [0.29, 0.717) is 0 Å². The number of hydrogen-bond acceptors (Lipinski definition) is 5. The minimum atomic E-state index is -0.779. The lowest BCUT2D eigenvalue weighted by molar-refractivity contribution is -0.152. The predicted octanol–water partition coefficient (Wildman–Crippen LogP) is 2.25. The Morgan fingerprint density at radius 1 is 1.13 bits per heavy atom. The van der Waals surface area contributed by atoms with Gasteiger partial charge in [0, 0.05) is 6.42 Å². The van der Waals surface area contributed by atoms with E-state index in [1.165, 1.54) is 6.07 Å². The summed E-state index contributed by atoms with van der Waals surface area (Å²) in [6.45, 7) is 1.33. The van der Waals surface area contributed by atoms with E-state index >= 15 is 0 Å². The molecule has 31 heavy (non-hydrogen) atoms. The Morgan fingerprint density at radius 3 is 2.52 bits per heavy atom. The van der Waals surface area contributed by atoms with E-state index in [-0.39, 0.29) is 29.6 Å². The van der Waals surface area contributed by atoms with Crippen LogP contribution in [0.5, 0.6) is 0 Å². The number of rotatable bonds is 7. The Bertz CT molecular complexity index is 982. The van der Waals surface area contributed by atoms with Crippen molar-refractivity contribution in [3.63, 3.8) is 0 Å². The van der Waals surface area contributed by atoms with Crippen molar-refractivity contribution in [2.24, 2.45) is 5.92 Å². The first-order chi connectivity index (χ1) is 14.8. The maximum absolute atomic E-state index is 12.3. The third kappa shape index (κ3) is 5.82. The van der Waals surface area contributed by atoms with Gasteiger partial charge in [-0.3, -0.25) is 29.6 Å². The molecule has 1 aliphatic rings. The number of hydrogen-bond donors (Lipinski definition) is 2. The van der Waals surface area contributed by atoms with Crippen molar-refractivity contribution in [1.82, 2.24) is 15.8 Å². The molecule has 1 aliphatic heterocycles. The highest BCUT2D eigenvalue weighted by molar-refractivity contribution is 6.33. The molecule has 0 bridgehead atoms. The van der Waals surface area contributed by atoms with Gasteiger partial charge in [0.15, 0.2) is 6.61 Å². The normalized spacial score (nSPS) is 16.5. The fraction of sp³-hybridized carbons (Fsp3) is 0.273. The van der Waals surface area contributed by atoms with Crippen molar-refractivity contribution < 1.29 is 23.9 Å². The summed E-state index contributed by atoms with van der Waals surface area (Å²) in [4.78, 5) is 48.9. The molecule has 2 aromatic rings. The molecule has 0 saturated carbocycles. The summed E-state index contributed by atoms with van der Waals surface area (Å²) in [5.74, 6) is -2.88. The standard InChI is InChI=1S/C22H22ClN3O5/c1-14(15-7-3-2-4-8-15)24-19(27)13-31-22(30)16-11-20(28)26(12-16)25-21(29)17-9-5-6-10-18(17)23/h2-10,14,16H,11-13H2,1H3,(H,24,27)(H,25,29)/t14-,16+/m1/s1. The van der Waals surface area contributed by atoms with Crippen LogP contribution in [-0.2, 0) is 19.1 Å². The van der Waals surface area contributed by atoms with Gasteiger partial charge in [-0.1, -0.05) is 54.1 Å². The average molecular weight is 444 g/mol. The summed E-state index contributed by atoms with van der Waals surface area (Å²) in [7, 11) is 0. The molecule has 3 amide bonds. The second-order valence-corrected chi connectivity index (χ2v) is 7.54. The van der Waals surface area contributed by atoms with Crippen LogP contribution < -0.4 is 10.7 Å². The lowest BCUT2D eigenvalue weighted by atomic mass is 10.1. The summed E-state index contributed by atoms with van der Waals surface area (Å²) in [6, 6.07) is 15.6. The Kier molecular flexibility index (Phi) is 7.25. The molecule has 1 heterocycles. The average Bonchev–Trinajstić information content (AvgIpc) is 3.13. The van der Waals surface area contributed by atoms with Crippen molar-refractivity contribution in [2.75, 3.05) is 13.2 Å². The van der Waals surface area contributed by atoms with Gasteiger partial charge >= 0.3 is 5.97 Å². The molecule has 0 aromatic heterocycles. The highest BCUT2D eigenvalue weighted by Gasteiger charge is 2.37. The third-order valence-corrected chi connectivity index (χ3v) is 5.17. The second-order valence-electron chi connectivity index (χ2n) is 7.13. The third-order valence-electron chi connectivity index (χ3n) is 4.84. The zero-order chi connectivity index (χ0) is 22.4. The van der Waals surface area contributed by atoms with Crippen molar-refractivity contribution in [3.05, 3.63) is 70.7 Å². The number of halogens is 1. The van der Waals surface area contributed by atoms with Crippen LogP contribution in [0.3, 0.4) is 0 Å². The zero-order valence-corrected chi connectivity index (χ0v) is 17.6. The van der Waals surface area contributed by atoms with Crippen molar-refractivity contribution >= 4 is 35.3 Å². The summed E-state index contributed by atoms with van der Waals surface area (Å²) < 4.78 is 5.07. The van der Waals surface area contributed by atoms with E-state index in [1.807, 2.05) is 37.3 Å². The number of carbonyl (C=O) groups is 4. The molecule has 0 aliphatic carbocycles. The number of benzene rings is 2. The highest BCUT2D eigenvalue weighted by atomic mass is 35.5. The molecule has 2 atom stereocenters. The quantitative estimate of drug-likeness (QED) is 0.638. The smallest absolute Gasteiger partial charge is 0.311 e. The van der Waals surface area contributed by atoms with Gasteiger partial charge in [-0.2, -0.15) is 0 Å². The summed E-state index contributed by atoms with van der Waals surface area (Å²) >= 11 is 5.99. The van der Waals surface area contributed by atoms with Gasteiger partial charge in [-0.05, 0) is 24.6 Å². The van der Waals surface area contributed by atoms with E-state index in [4.69, 9.17) is 16.3 Å². The van der Waals surface area contributed by atoms with Crippen molar-refractivity contribution in [2.45, 2.75) is 19.4 Å². The molecule has 1 fully saturated rings. The summed E-state index contributed by atoms with van der Waals surface area (Å²) in [5, 5.41) is 4.06. The number of ether oxygens (including phenoxy) is 1. The van der Waals surface area contributed by atoms with Crippen LogP contribution in [0.15, 0.2) is 54.6 Å². The van der Waals surface area contributed by atoms with Gasteiger partial charge in [0.25, 0.3) is 11.8 Å². The van der Waals surface area contributed by atoms with Gasteiger partial charge in [0.05, 0.1) is 29.1 Å². The molecule has 162 valence electrons. The molecule has 3 rings (SSSR count). The van der Waals surface area contributed by atoms with E-state index < -0.39 is 36.2 Å². The SMILES string of the molecule is C[C@@H](NC(=O)COC(=O)[C@H]1CC(=O)N(NC(=O)c2ccccc2Cl)C1)c1ccccc1. The molecule has 9 heteroatoms. The monoisotopic (exact) mass is 443 g/mol. The Balaban J connectivity index is 1.47. The largest absolute Gasteiger partial charge is 0.455 e. The minimum Gasteiger partial charge on any atom is -0.455 e. The highest BCUT2D eigenvalue weighted by Crippen LogP contribution is 2.19. The zero-order valence-electron chi connectivity index (χ0n) is 16.8. The van der Waals surface area contributed by atoms with Crippen molar-refractivity contribution in [3.8, 4) is 0 Å². The maximum Gasteiger partial charge on any atom is 0.311 e. The molecule has 2 aromatic carbocycles. The first-order valence-electron chi connectivity index (χ1n) is 9.72. The van der Waals surface area contributed by atoms with Gasteiger partial charge in [-0.25, -0.2) is 0 Å². The van der Waals surface area contributed by atoms with Crippen LogP contribution in [0.1, 0.15) is 35.3 Å². The Morgan fingerprint density at radius 2 is 1.81 bits per heavy atom. The fourth-order valence-electron chi connectivity index (χ4n) is 3.16. The lowest BCUT2D eigenvalue weighted by Crippen LogP contribution is -2.43. The number of hydrazine groups is 1. The molecule has 2 N–H and O–H groups in total. The van der Waals surface area contributed by atoms with Crippen LogP contribution in [0, 0.1) is 5.92 Å². The molecule has 1 saturated heterocycles. The van der Waals surface area contributed by atoms with Crippen molar-refractivity contribution in [1.29, 1.82) is 0 Å². The van der Waals surface area contributed by atoms with E-state index in [9.17, 15) is 19.2 Å². The summed E-state index contributed by atoms with van der Waals surface area (Å²) in [6.07, 6.45) is -0.121. The van der Waals surface area contributed by atoms with Crippen LogP contribution in [0.25, 0.3) is 0 Å². The first kappa shape index (κ1) is 22.3. The number of amides is 3. The molecule has 0 unspecified atom stereocenters. The summed E-state index contributed by atoms with van der Waals surface area (Å²) in [5.41, 5.74) is 3.59. The van der Waals surface area contributed by atoms with E-state index in [1.54, 1.807) is 18.2 Å². The molecular weight excluding hydrogens is 422 g/mol. The molecule has 8 nitrogen and oxygen atoms in total. The topological polar surface area (TPSA) is 105 Å². The number of nitrogens with zero attached hydrogens (tertiary/aromatic N) is 1. The number of esters is 1. The second kappa shape index (κ2) is 10.1. The molecular formula is C22H22ClN3O5. The van der Waals surface area contributed by atoms with E-state index in [0.717, 1.165) is 10.6 Å². The molecule has 0 radical (unpaired) electrons. The van der Waals surface area contributed by atoms with Gasteiger partial charge in [0.1, 0.15) is 0 Å². The van der Waals surface area contributed by atoms with Gasteiger partial charge in [0.2, 0.25) is 5.91 Å². The van der Waals surface area contributed by atoms with Crippen LogP contribution in [-0.4, -0.2) is 41.9 Å². The van der Waals surface area contributed by atoms with Crippen LogP contribution in [0.4, 0.5) is 0 Å². The number of nitrogens with one attached hydrogen (secondary N) is 2. The van der Waals surface area contributed by atoms with Gasteiger partial charge < -0.3 is 10.1 Å².